The molecule has 0 aliphatic heterocycles. The Balaban J connectivity index is 1.49. The van der Waals surface area contributed by atoms with Gasteiger partial charge in [-0.25, -0.2) is 4.79 Å². The summed E-state index contributed by atoms with van der Waals surface area (Å²) in [5.41, 5.74) is 2.89. The van der Waals surface area contributed by atoms with E-state index in [0.29, 0.717) is 12.4 Å². The van der Waals surface area contributed by atoms with E-state index in [2.05, 4.69) is 31.3 Å². The van der Waals surface area contributed by atoms with E-state index in [-0.39, 0.29) is 19.1 Å². The third-order valence-electron chi connectivity index (χ3n) is 4.18. The van der Waals surface area contributed by atoms with Crippen LogP contribution in [-0.4, -0.2) is 50.6 Å². The molecule has 150 valence electrons. The first-order valence-corrected chi connectivity index (χ1v) is 9.69. The first kappa shape index (κ1) is 20.7. The van der Waals surface area contributed by atoms with Gasteiger partial charge in [-0.3, -0.25) is 4.79 Å². The standard InChI is InChI=1S/C20H20BrN5O3/c1-14-7-9-15(10-8-14)20-22-24-26(23-20)12-19(28)29-13-18(27)25(2)11-16-5-3-4-6-17(16)21/h3-10H,11-13H2,1-2H3. The number of ether oxygens (including phenoxy) is 1. The summed E-state index contributed by atoms with van der Waals surface area (Å²) in [7, 11) is 1.66. The number of carbonyl (C=O) groups excluding carboxylic acids is 2. The molecule has 0 fully saturated rings. The molecule has 1 amide bonds. The maximum Gasteiger partial charge on any atom is 0.330 e. The fraction of sp³-hybridized carbons (Fsp3) is 0.250. The van der Waals surface area contributed by atoms with Gasteiger partial charge >= 0.3 is 5.97 Å². The van der Waals surface area contributed by atoms with Crippen LogP contribution in [0, 0.1) is 6.92 Å². The third-order valence-corrected chi connectivity index (χ3v) is 4.95. The number of rotatable bonds is 7. The number of hydrogen-bond acceptors (Lipinski definition) is 6. The second-order valence-corrected chi connectivity index (χ2v) is 7.37. The van der Waals surface area contributed by atoms with Gasteiger partial charge in [0.15, 0.2) is 13.2 Å². The summed E-state index contributed by atoms with van der Waals surface area (Å²) < 4.78 is 5.97. The van der Waals surface area contributed by atoms with Crippen molar-refractivity contribution in [1.82, 2.24) is 25.1 Å². The van der Waals surface area contributed by atoms with Crippen LogP contribution in [0.3, 0.4) is 0 Å². The molecule has 8 nitrogen and oxygen atoms in total. The molecule has 1 heterocycles. The topological polar surface area (TPSA) is 90.2 Å². The van der Waals surface area contributed by atoms with Crippen LogP contribution in [-0.2, 0) is 27.4 Å². The SMILES string of the molecule is Cc1ccc(-c2nnn(CC(=O)OCC(=O)N(C)Cc3ccccc3Br)n2)cc1. The van der Waals surface area contributed by atoms with Crippen LogP contribution < -0.4 is 0 Å². The number of tetrazole rings is 1. The molecule has 0 saturated heterocycles. The first-order valence-electron chi connectivity index (χ1n) is 8.90. The maximum atomic E-state index is 12.2. The minimum atomic E-state index is -0.611. The fourth-order valence-electron chi connectivity index (χ4n) is 2.51. The molecule has 0 aliphatic carbocycles. The van der Waals surface area contributed by atoms with E-state index in [0.717, 1.165) is 26.0 Å². The number of likely N-dealkylation sites (N-methyl/N-ethyl adjacent to an activating group) is 1. The third kappa shape index (κ3) is 5.71. The zero-order valence-electron chi connectivity index (χ0n) is 16.1. The van der Waals surface area contributed by atoms with Crippen molar-refractivity contribution in [2.24, 2.45) is 0 Å². The molecule has 0 aliphatic rings. The predicted molar refractivity (Wildman–Crippen MR) is 110 cm³/mol. The predicted octanol–water partition coefficient (Wildman–Crippen LogP) is 2.61. The fourth-order valence-corrected chi connectivity index (χ4v) is 2.92. The molecule has 0 N–H and O–H groups in total. The normalized spacial score (nSPS) is 10.6. The summed E-state index contributed by atoms with van der Waals surface area (Å²) in [4.78, 5) is 26.9. The number of benzene rings is 2. The summed E-state index contributed by atoms with van der Waals surface area (Å²) >= 11 is 3.45. The molecule has 29 heavy (non-hydrogen) atoms. The van der Waals surface area contributed by atoms with Crippen molar-refractivity contribution in [3.05, 3.63) is 64.1 Å². The Labute approximate surface area is 176 Å². The lowest BCUT2D eigenvalue weighted by Crippen LogP contribution is -2.31. The Bertz CT molecular complexity index is 1000. The lowest BCUT2D eigenvalue weighted by molar-refractivity contribution is -0.152. The monoisotopic (exact) mass is 457 g/mol. The van der Waals surface area contributed by atoms with Gasteiger partial charge in [0.25, 0.3) is 5.91 Å². The maximum absolute atomic E-state index is 12.2. The van der Waals surface area contributed by atoms with Crippen LogP contribution >= 0.6 is 15.9 Å². The summed E-state index contributed by atoms with van der Waals surface area (Å²) in [5, 5.41) is 12.0. The molecule has 9 heteroatoms. The number of amides is 1. The molecule has 0 saturated carbocycles. The number of aryl methyl sites for hydroxylation is 1. The Kier molecular flexibility index (Phi) is 6.71. The first-order chi connectivity index (χ1) is 13.9. The number of aromatic nitrogens is 4. The molecule has 2 aromatic carbocycles. The number of esters is 1. The number of hydrogen-bond donors (Lipinski definition) is 0. The van der Waals surface area contributed by atoms with Crippen LogP contribution in [0.25, 0.3) is 11.4 Å². The van der Waals surface area contributed by atoms with E-state index >= 15 is 0 Å². The van der Waals surface area contributed by atoms with E-state index in [1.165, 1.54) is 4.90 Å². The van der Waals surface area contributed by atoms with Crippen molar-refractivity contribution in [2.45, 2.75) is 20.0 Å². The Morgan fingerprint density at radius 1 is 1.14 bits per heavy atom. The van der Waals surface area contributed by atoms with Crippen LogP contribution in [0.4, 0.5) is 0 Å². The average molecular weight is 458 g/mol. The zero-order valence-corrected chi connectivity index (χ0v) is 17.7. The minimum Gasteiger partial charge on any atom is -0.454 e. The van der Waals surface area contributed by atoms with E-state index in [9.17, 15) is 9.59 Å². The highest BCUT2D eigenvalue weighted by Crippen LogP contribution is 2.17. The molecule has 1 aromatic heterocycles. The minimum absolute atomic E-state index is 0.222. The second kappa shape index (κ2) is 9.42. The lowest BCUT2D eigenvalue weighted by Gasteiger charge is -2.18. The average Bonchev–Trinajstić information content (AvgIpc) is 3.16. The van der Waals surface area contributed by atoms with Gasteiger partial charge in [0, 0.05) is 23.6 Å². The van der Waals surface area contributed by atoms with E-state index in [4.69, 9.17) is 4.74 Å². The molecular formula is C20H20BrN5O3. The molecule has 0 radical (unpaired) electrons. The van der Waals surface area contributed by atoms with Crippen molar-refractivity contribution >= 4 is 27.8 Å². The highest BCUT2D eigenvalue weighted by molar-refractivity contribution is 9.10. The Hall–Kier alpha value is -3.07. The Morgan fingerprint density at radius 2 is 1.86 bits per heavy atom. The number of carbonyl (C=O) groups is 2. The molecule has 0 spiro atoms. The van der Waals surface area contributed by atoms with Crippen LogP contribution in [0.2, 0.25) is 0 Å². The van der Waals surface area contributed by atoms with Gasteiger partial charge in [0.05, 0.1) is 0 Å². The van der Waals surface area contributed by atoms with Crippen molar-refractivity contribution in [3.63, 3.8) is 0 Å². The molecule has 3 aromatic rings. The van der Waals surface area contributed by atoms with Crippen LogP contribution in [0.1, 0.15) is 11.1 Å². The van der Waals surface area contributed by atoms with Gasteiger partial charge in [-0.15, -0.1) is 10.2 Å². The molecule has 0 bridgehead atoms. The van der Waals surface area contributed by atoms with Crippen molar-refractivity contribution in [1.29, 1.82) is 0 Å². The van der Waals surface area contributed by atoms with Gasteiger partial charge in [-0.05, 0) is 23.8 Å². The van der Waals surface area contributed by atoms with Gasteiger partial charge in [0.1, 0.15) is 0 Å². The summed E-state index contributed by atoms with van der Waals surface area (Å²) in [6, 6.07) is 15.3. The van der Waals surface area contributed by atoms with Crippen LogP contribution in [0.5, 0.6) is 0 Å². The van der Waals surface area contributed by atoms with Crippen LogP contribution in [0.15, 0.2) is 53.0 Å². The van der Waals surface area contributed by atoms with Gasteiger partial charge < -0.3 is 9.64 Å². The number of halogens is 1. The summed E-state index contributed by atoms with van der Waals surface area (Å²) in [6.45, 7) is 1.82. The summed E-state index contributed by atoms with van der Waals surface area (Å²) in [5.74, 6) is -0.497. The molecular weight excluding hydrogens is 438 g/mol. The number of nitrogens with zero attached hydrogens (tertiary/aromatic N) is 5. The van der Waals surface area contributed by atoms with E-state index < -0.39 is 5.97 Å². The smallest absolute Gasteiger partial charge is 0.330 e. The van der Waals surface area contributed by atoms with Gasteiger partial charge in [-0.1, -0.05) is 64.0 Å². The largest absolute Gasteiger partial charge is 0.454 e. The van der Waals surface area contributed by atoms with Crippen molar-refractivity contribution < 1.29 is 14.3 Å². The summed E-state index contributed by atoms with van der Waals surface area (Å²) in [6.07, 6.45) is 0. The molecule has 0 unspecified atom stereocenters. The lowest BCUT2D eigenvalue weighted by atomic mass is 10.1. The quantitative estimate of drug-likeness (QED) is 0.506. The highest BCUT2D eigenvalue weighted by Gasteiger charge is 2.15. The molecule has 3 rings (SSSR count). The second-order valence-electron chi connectivity index (χ2n) is 6.51. The molecule has 0 atom stereocenters. The van der Waals surface area contributed by atoms with Crippen molar-refractivity contribution in [3.8, 4) is 11.4 Å². The van der Waals surface area contributed by atoms with Gasteiger partial charge in [0.2, 0.25) is 5.82 Å². The van der Waals surface area contributed by atoms with E-state index in [1.807, 2.05) is 55.5 Å². The Morgan fingerprint density at radius 3 is 2.59 bits per heavy atom. The van der Waals surface area contributed by atoms with Gasteiger partial charge in [-0.2, -0.15) is 4.80 Å². The highest BCUT2D eigenvalue weighted by atomic mass is 79.9. The van der Waals surface area contributed by atoms with E-state index in [1.54, 1.807) is 7.05 Å². The zero-order chi connectivity index (χ0) is 20.8. The van der Waals surface area contributed by atoms with Crippen molar-refractivity contribution in [2.75, 3.05) is 13.7 Å².